The fraction of sp³-hybridized carbons (Fsp3) is 0.316. The first-order chi connectivity index (χ1) is 12.1. The molecule has 0 atom stereocenters. The molecule has 2 aromatic carbocycles. The average Bonchev–Trinajstić information content (AvgIpc) is 2.59. The molecule has 26 heavy (non-hydrogen) atoms. The Balaban J connectivity index is 0.00000338. The van der Waals surface area contributed by atoms with E-state index in [0.717, 1.165) is 23.0 Å². The van der Waals surface area contributed by atoms with Crippen LogP contribution in [0.4, 0.5) is 0 Å². The molecule has 0 aliphatic carbocycles. The molecular formula is C19H24BrClN2O3. The zero-order valence-corrected chi connectivity index (χ0v) is 17.1. The van der Waals surface area contributed by atoms with Crippen LogP contribution in [-0.4, -0.2) is 25.7 Å². The number of amides is 1. The number of nitrogens with one attached hydrogen (secondary N) is 1. The minimum absolute atomic E-state index is 0. The summed E-state index contributed by atoms with van der Waals surface area (Å²) in [6.45, 7) is 3.81. The lowest BCUT2D eigenvalue weighted by Crippen LogP contribution is -2.20. The van der Waals surface area contributed by atoms with E-state index in [4.69, 9.17) is 15.2 Å². The van der Waals surface area contributed by atoms with Crippen LogP contribution in [0.1, 0.15) is 18.1 Å². The number of hydrogen-bond donors (Lipinski definition) is 2. The summed E-state index contributed by atoms with van der Waals surface area (Å²) in [5.41, 5.74) is 7.51. The molecule has 0 unspecified atom stereocenters. The molecule has 0 bridgehead atoms. The average molecular weight is 444 g/mol. The Labute approximate surface area is 168 Å². The highest BCUT2D eigenvalue weighted by Crippen LogP contribution is 2.36. The van der Waals surface area contributed by atoms with Crippen LogP contribution in [0.3, 0.4) is 0 Å². The van der Waals surface area contributed by atoms with E-state index >= 15 is 0 Å². The van der Waals surface area contributed by atoms with Gasteiger partial charge in [-0.2, -0.15) is 0 Å². The summed E-state index contributed by atoms with van der Waals surface area (Å²) in [5, 5.41) is 3.43. The summed E-state index contributed by atoms with van der Waals surface area (Å²) in [7, 11) is 0. The molecule has 0 heterocycles. The molecule has 2 rings (SSSR count). The van der Waals surface area contributed by atoms with Crippen LogP contribution in [0.5, 0.6) is 11.5 Å². The second kappa shape index (κ2) is 11.8. The van der Waals surface area contributed by atoms with Gasteiger partial charge in [0.1, 0.15) is 0 Å². The van der Waals surface area contributed by atoms with Crippen molar-refractivity contribution in [2.45, 2.75) is 19.9 Å². The van der Waals surface area contributed by atoms with Crippen molar-refractivity contribution in [2.75, 3.05) is 19.8 Å². The van der Waals surface area contributed by atoms with Crippen molar-refractivity contribution in [3.05, 3.63) is 58.1 Å². The predicted octanol–water partition coefficient (Wildman–Crippen LogP) is 3.47. The molecule has 5 nitrogen and oxygen atoms in total. The highest BCUT2D eigenvalue weighted by atomic mass is 79.9. The molecule has 1 amide bonds. The van der Waals surface area contributed by atoms with Crippen LogP contribution in [0, 0.1) is 0 Å². The van der Waals surface area contributed by atoms with E-state index in [9.17, 15) is 4.79 Å². The summed E-state index contributed by atoms with van der Waals surface area (Å²) in [5.74, 6) is 0.563. The largest absolute Gasteiger partial charge is 0.490 e. The first-order valence-electron chi connectivity index (χ1n) is 8.21. The van der Waals surface area contributed by atoms with Crippen molar-refractivity contribution < 1.29 is 14.3 Å². The maximum Gasteiger partial charge on any atom is 0.255 e. The van der Waals surface area contributed by atoms with Gasteiger partial charge in [-0.25, -0.2) is 0 Å². The second-order valence-electron chi connectivity index (χ2n) is 5.51. The number of ether oxygens (including phenoxy) is 2. The third-order valence-electron chi connectivity index (χ3n) is 3.49. The molecule has 0 saturated heterocycles. The SMILES string of the molecule is CCOc1cc(CNCCc2ccccc2)cc(Br)c1OCC(N)=O.Cl. The topological polar surface area (TPSA) is 73.6 Å². The zero-order valence-electron chi connectivity index (χ0n) is 14.7. The van der Waals surface area contributed by atoms with E-state index in [0.29, 0.717) is 24.7 Å². The molecule has 142 valence electrons. The van der Waals surface area contributed by atoms with Gasteiger partial charge in [-0.3, -0.25) is 4.79 Å². The fourth-order valence-electron chi connectivity index (χ4n) is 2.38. The van der Waals surface area contributed by atoms with Gasteiger partial charge in [0.25, 0.3) is 5.91 Å². The van der Waals surface area contributed by atoms with Gasteiger partial charge >= 0.3 is 0 Å². The van der Waals surface area contributed by atoms with Gasteiger partial charge < -0.3 is 20.5 Å². The predicted molar refractivity (Wildman–Crippen MR) is 109 cm³/mol. The summed E-state index contributed by atoms with van der Waals surface area (Å²) in [6, 6.07) is 14.2. The van der Waals surface area contributed by atoms with Gasteiger partial charge in [0, 0.05) is 6.54 Å². The van der Waals surface area contributed by atoms with Gasteiger partial charge in [0.05, 0.1) is 11.1 Å². The Morgan fingerprint density at radius 1 is 1.15 bits per heavy atom. The van der Waals surface area contributed by atoms with Gasteiger partial charge in [0.2, 0.25) is 0 Å². The number of halogens is 2. The van der Waals surface area contributed by atoms with Crippen molar-refractivity contribution in [1.82, 2.24) is 5.32 Å². The number of nitrogens with two attached hydrogens (primary N) is 1. The van der Waals surface area contributed by atoms with Crippen molar-refractivity contribution in [3.63, 3.8) is 0 Å². The molecule has 0 radical (unpaired) electrons. The molecular weight excluding hydrogens is 420 g/mol. The van der Waals surface area contributed by atoms with Gasteiger partial charge in [0.15, 0.2) is 18.1 Å². The molecule has 7 heteroatoms. The minimum Gasteiger partial charge on any atom is -0.490 e. The van der Waals surface area contributed by atoms with E-state index in [1.807, 2.05) is 37.3 Å². The zero-order chi connectivity index (χ0) is 18.1. The number of carbonyl (C=O) groups excluding carboxylic acids is 1. The Kier molecular flexibility index (Phi) is 10.1. The molecule has 0 saturated carbocycles. The van der Waals surface area contributed by atoms with E-state index in [1.165, 1.54) is 5.56 Å². The lowest BCUT2D eigenvalue weighted by atomic mass is 10.1. The van der Waals surface area contributed by atoms with Gasteiger partial charge in [-0.05, 0) is 59.1 Å². The lowest BCUT2D eigenvalue weighted by Gasteiger charge is -2.15. The van der Waals surface area contributed by atoms with Crippen LogP contribution in [0.2, 0.25) is 0 Å². The Hall–Kier alpha value is -1.76. The number of primary amides is 1. The quantitative estimate of drug-likeness (QED) is 0.552. The summed E-state index contributed by atoms with van der Waals surface area (Å²) in [4.78, 5) is 10.9. The van der Waals surface area contributed by atoms with E-state index in [2.05, 4.69) is 33.4 Å². The highest BCUT2D eigenvalue weighted by Gasteiger charge is 2.13. The van der Waals surface area contributed by atoms with Gasteiger partial charge in [-0.15, -0.1) is 12.4 Å². The normalized spacial score (nSPS) is 10.1. The number of hydrogen-bond acceptors (Lipinski definition) is 4. The maximum absolute atomic E-state index is 10.9. The summed E-state index contributed by atoms with van der Waals surface area (Å²) >= 11 is 3.48. The first-order valence-corrected chi connectivity index (χ1v) is 9.00. The fourth-order valence-corrected chi connectivity index (χ4v) is 2.98. The van der Waals surface area contributed by atoms with Gasteiger partial charge in [-0.1, -0.05) is 30.3 Å². The van der Waals surface area contributed by atoms with Crippen LogP contribution < -0.4 is 20.5 Å². The Bertz CT molecular complexity index is 699. The summed E-state index contributed by atoms with van der Waals surface area (Å²) in [6.07, 6.45) is 0.972. The third-order valence-corrected chi connectivity index (χ3v) is 4.08. The van der Waals surface area contributed by atoms with E-state index < -0.39 is 5.91 Å². The standard InChI is InChI=1S/C19H23BrN2O3.ClH/c1-2-24-17-11-15(10-16(20)19(17)25-13-18(21)23)12-22-9-8-14-6-4-3-5-7-14;/h3-7,10-11,22H,2,8-9,12-13H2,1H3,(H2,21,23);1H. The third kappa shape index (κ3) is 7.23. The Morgan fingerprint density at radius 3 is 2.54 bits per heavy atom. The van der Waals surface area contributed by atoms with Crippen molar-refractivity contribution in [1.29, 1.82) is 0 Å². The monoisotopic (exact) mass is 442 g/mol. The Morgan fingerprint density at radius 2 is 1.88 bits per heavy atom. The van der Waals surface area contributed by atoms with Crippen LogP contribution in [0.15, 0.2) is 46.9 Å². The smallest absolute Gasteiger partial charge is 0.255 e. The number of rotatable bonds is 10. The second-order valence-corrected chi connectivity index (χ2v) is 6.36. The van der Waals surface area contributed by atoms with Crippen LogP contribution in [0.25, 0.3) is 0 Å². The van der Waals surface area contributed by atoms with E-state index in [1.54, 1.807) is 0 Å². The molecule has 0 fully saturated rings. The van der Waals surface area contributed by atoms with Crippen LogP contribution >= 0.6 is 28.3 Å². The molecule has 3 N–H and O–H groups in total. The van der Waals surface area contributed by atoms with Crippen LogP contribution in [-0.2, 0) is 17.8 Å². The van der Waals surface area contributed by atoms with Crippen molar-refractivity contribution in [2.24, 2.45) is 5.73 Å². The number of benzene rings is 2. The summed E-state index contributed by atoms with van der Waals surface area (Å²) < 4.78 is 11.8. The maximum atomic E-state index is 10.9. The molecule has 0 aliphatic rings. The minimum atomic E-state index is -0.527. The first kappa shape index (κ1) is 22.3. The molecule has 0 spiro atoms. The lowest BCUT2D eigenvalue weighted by molar-refractivity contribution is -0.119. The molecule has 0 aromatic heterocycles. The van der Waals surface area contributed by atoms with Crippen molar-refractivity contribution in [3.8, 4) is 11.5 Å². The number of carbonyl (C=O) groups is 1. The molecule has 0 aliphatic heterocycles. The van der Waals surface area contributed by atoms with Crippen molar-refractivity contribution >= 4 is 34.2 Å². The highest BCUT2D eigenvalue weighted by molar-refractivity contribution is 9.10. The molecule has 2 aromatic rings. The van der Waals surface area contributed by atoms with E-state index in [-0.39, 0.29) is 19.0 Å².